The molecule has 1 N–H and O–H groups in total. The molecule has 0 saturated carbocycles. The maximum absolute atomic E-state index is 12.3. The van der Waals surface area contributed by atoms with E-state index in [1.165, 1.54) is 0 Å². The largest absolute Gasteiger partial charge is 0.454 e. The zero-order valence-corrected chi connectivity index (χ0v) is 11.8. The van der Waals surface area contributed by atoms with Gasteiger partial charge in [-0.15, -0.1) is 5.10 Å². The van der Waals surface area contributed by atoms with Crippen molar-refractivity contribution in [2.45, 2.75) is 12.5 Å². The van der Waals surface area contributed by atoms with Crippen LogP contribution < -0.4 is 14.8 Å². The molecule has 2 aromatic rings. The molecular formula is C14H15N5O3. The Morgan fingerprint density at radius 2 is 2.23 bits per heavy atom. The van der Waals surface area contributed by atoms with Crippen molar-refractivity contribution in [3.8, 4) is 11.5 Å². The maximum atomic E-state index is 12.3. The van der Waals surface area contributed by atoms with E-state index in [9.17, 15) is 4.79 Å². The number of hydrogen-bond donors (Lipinski definition) is 1. The van der Waals surface area contributed by atoms with Gasteiger partial charge in [-0.2, -0.15) is 0 Å². The van der Waals surface area contributed by atoms with E-state index in [-0.39, 0.29) is 18.9 Å². The molecule has 1 aromatic heterocycles. The quantitative estimate of drug-likeness (QED) is 0.908. The van der Waals surface area contributed by atoms with Crippen LogP contribution in [-0.4, -0.2) is 45.8 Å². The van der Waals surface area contributed by atoms with Crippen molar-refractivity contribution < 1.29 is 14.3 Å². The van der Waals surface area contributed by atoms with Gasteiger partial charge in [0.2, 0.25) is 6.79 Å². The van der Waals surface area contributed by atoms with Gasteiger partial charge in [0.05, 0.1) is 12.2 Å². The van der Waals surface area contributed by atoms with Gasteiger partial charge < -0.3 is 19.7 Å². The number of hydrogen-bond acceptors (Lipinski definition) is 5. The van der Waals surface area contributed by atoms with E-state index < -0.39 is 0 Å². The van der Waals surface area contributed by atoms with Crippen LogP contribution >= 0.6 is 0 Å². The number of carbonyl (C=O) groups is 1. The third-order valence-corrected chi connectivity index (χ3v) is 3.89. The second-order valence-electron chi connectivity index (χ2n) is 5.27. The van der Waals surface area contributed by atoms with Gasteiger partial charge in [0, 0.05) is 31.0 Å². The summed E-state index contributed by atoms with van der Waals surface area (Å²) in [5.41, 5.74) is 0.693. The fourth-order valence-electron chi connectivity index (χ4n) is 2.73. The summed E-state index contributed by atoms with van der Waals surface area (Å²) in [6.07, 6.45) is 4.34. The Bertz CT molecular complexity index is 688. The number of nitrogens with one attached hydrogen (secondary N) is 1. The number of amides is 2. The van der Waals surface area contributed by atoms with E-state index >= 15 is 0 Å². The molecule has 2 aliphatic rings. The highest BCUT2D eigenvalue weighted by Crippen LogP contribution is 2.34. The number of fused-ring (bicyclic) bond motifs is 1. The molecule has 0 unspecified atom stereocenters. The summed E-state index contributed by atoms with van der Waals surface area (Å²) in [6.45, 7) is 1.54. The van der Waals surface area contributed by atoms with Crippen molar-refractivity contribution >= 4 is 11.7 Å². The first-order valence-electron chi connectivity index (χ1n) is 7.11. The van der Waals surface area contributed by atoms with Crippen LogP contribution in [0.3, 0.4) is 0 Å². The molecular weight excluding hydrogens is 286 g/mol. The summed E-state index contributed by atoms with van der Waals surface area (Å²) >= 11 is 0. The molecule has 0 bridgehead atoms. The highest BCUT2D eigenvalue weighted by Gasteiger charge is 2.28. The number of benzene rings is 1. The van der Waals surface area contributed by atoms with Crippen LogP contribution in [0, 0.1) is 0 Å². The lowest BCUT2D eigenvalue weighted by molar-refractivity contribution is 0.174. The molecule has 0 aliphatic carbocycles. The molecule has 0 spiro atoms. The van der Waals surface area contributed by atoms with Gasteiger partial charge in [-0.25, -0.2) is 9.48 Å². The molecule has 1 saturated heterocycles. The lowest BCUT2D eigenvalue weighted by Crippen LogP contribution is -2.33. The molecule has 8 nitrogen and oxygen atoms in total. The topological polar surface area (TPSA) is 81.5 Å². The van der Waals surface area contributed by atoms with Gasteiger partial charge in [0.25, 0.3) is 0 Å². The van der Waals surface area contributed by atoms with E-state index in [1.807, 2.05) is 6.20 Å². The minimum atomic E-state index is -0.124. The summed E-state index contributed by atoms with van der Waals surface area (Å²) in [4.78, 5) is 14.1. The summed E-state index contributed by atoms with van der Waals surface area (Å²) in [6, 6.07) is 5.42. The molecule has 4 rings (SSSR count). The first kappa shape index (κ1) is 12.9. The molecule has 22 heavy (non-hydrogen) atoms. The smallest absolute Gasteiger partial charge is 0.321 e. The number of nitrogens with zero attached hydrogens (tertiary/aromatic N) is 4. The van der Waals surface area contributed by atoms with Gasteiger partial charge in [-0.3, -0.25) is 0 Å². The van der Waals surface area contributed by atoms with Crippen LogP contribution in [0.4, 0.5) is 10.5 Å². The van der Waals surface area contributed by atoms with Gasteiger partial charge in [0.15, 0.2) is 11.5 Å². The van der Waals surface area contributed by atoms with Crippen LogP contribution in [0.25, 0.3) is 0 Å². The molecule has 2 amide bonds. The number of aromatic nitrogens is 3. The van der Waals surface area contributed by atoms with Crippen molar-refractivity contribution in [3.63, 3.8) is 0 Å². The summed E-state index contributed by atoms with van der Waals surface area (Å²) < 4.78 is 12.4. The van der Waals surface area contributed by atoms with Crippen LogP contribution in [0.2, 0.25) is 0 Å². The Kier molecular flexibility index (Phi) is 3.06. The Balaban J connectivity index is 1.40. The second kappa shape index (κ2) is 5.21. The fraction of sp³-hybridized carbons (Fsp3) is 0.357. The van der Waals surface area contributed by atoms with Crippen LogP contribution in [-0.2, 0) is 0 Å². The Labute approximate surface area is 126 Å². The summed E-state index contributed by atoms with van der Waals surface area (Å²) in [5, 5.41) is 10.7. The summed E-state index contributed by atoms with van der Waals surface area (Å²) in [5.74, 6) is 1.35. The highest BCUT2D eigenvalue weighted by molar-refractivity contribution is 5.90. The lowest BCUT2D eigenvalue weighted by Gasteiger charge is -2.17. The number of carbonyl (C=O) groups excluding carboxylic acids is 1. The van der Waals surface area contributed by atoms with Crippen molar-refractivity contribution in [1.29, 1.82) is 0 Å². The van der Waals surface area contributed by atoms with E-state index in [0.717, 1.165) is 6.42 Å². The monoisotopic (exact) mass is 301 g/mol. The lowest BCUT2D eigenvalue weighted by atomic mass is 10.3. The number of ether oxygens (including phenoxy) is 2. The standard InChI is InChI=1S/C14H15N5O3/c20-14(16-10-1-2-12-13(7-10)22-9-21-12)18-5-3-11(8-18)19-6-4-15-17-19/h1-2,4,6-7,11H,3,5,8-9H2,(H,16,20)/t11-/m1/s1. The van der Waals surface area contributed by atoms with Gasteiger partial charge >= 0.3 is 6.03 Å². The average molecular weight is 301 g/mol. The average Bonchev–Trinajstić information content (AvgIpc) is 3.26. The molecule has 1 aromatic carbocycles. The van der Waals surface area contributed by atoms with Crippen LogP contribution in [0.5, 0.6) is 11.5 Å². The van der Waals surface area contributed by atoms with Crippen LogP contribution in [0.1, 0.15) is 12.5 Å². The van der Waals surface area contributed by atoms with Crippen molar-refractivity contribution in [2.24, 2.45) is 0 Å². The third-order valence-electron chi connectivity index (χ3n) is 3.89. The van der Waals surface area contributed by atoms with Gasteiger partial charge in [-0.05, 0) is 18.6 Å². The zero-order valence-electron chi connectivity index (χ0n) is 11.8. The van der Waals surface area contributed by atoms with Crippen molar-refractivity contribution in [2.75, 3.05) is 25.2 Å². The van der Waals surface area contributed by atoms with Crippen LogP contribution in [0.15, 0.2) is 30.6 Å². The molecule has 1 fully saturated rings. The maximum Gasteiger partial charge on any atom is 0.321 e. The Hall–Kier alpha value is -2.77. The number of rotatable bonds is 2. The minimum Gasteiger partial charge on any atom is -0.454 e. The van der Waals surface area contributed by atoms with Gasteiger partial charge in [0.1, 0.15) is 0 Å². The Morgan fingerprint density at radius 3 is 3.09 bits per heavy atom. The Morgan fingerprint density at radius 1 is 1.32 bits per heavy atom. The van der Waals surface area contributed by atoms with E-state index in [4.69, 9.17) is 9.47 Å². The number of anilines is 1. The van der Waals surface area contributed by atoms with Crippen molar-refractivity contribution in [3.05, 3.63) is 30.6 Å². The first-order chi connectivity index (χ1) is 10.8. The second-order valence-corrected chi connectivity index (χ2v) is 5.27. The molecule has 0 radical (unpaired) electrons. The highest BCUT2D eigenvalue weighted by atomic mass is 16.7. The SMILES string of the molecule is O=C(Nc1ccc2c(c1)OCO2)N1CC[C@@H](n2ccnn2)C1. The molecule has 8 heteroatoms. The van der Waals surface area contributed by atoms with Crippen molar-refractivity contribution in [1.82, 2.24) is 19.9 Å². The minimum absolute atomic E-state index is 0.124. The van der Waals surface area contributed by atoms with E-state index in [2.05, 4.69) is 15.6 Å². The number of likely N-dealkylation sites (tertiary alicyclic amines) is 1. The molecule has 114 valence electrons. The predicted octanol–water partition coefficient (Wildman–Crippen LogP) is 1.49. The van der Waals surface area contributed by atoms with E-state index in [1.54, 1.807) is 34.0 Å². The number of urea groups is 1. The van der Waals surface area contributed by atoms with E-state index in [0.29, 0.717) is 30.3 Å². The molecule has 2 aliphatic heterocycles. The van der Waals surface area contributed by atoms with Gasteiger partial charge in [-0.1, -0.05) is 5.21 Å². The first-order valence-corrected chi connectivity index (χ1v) is 7.11. The predicted molar refractivity (Wildman–Crippen MR) is 76.8 cm³/mol. The zero-order chi connectivity index (χ0) is 14.9. The summed E-state index contributed by atoms with van der Waals surface area (Å²) in [7, 11) is 0. The normalized spacial score (nSPS) is 19.5. The third kappa shape index (κ3) is 2.32. The fourth-order valence-corrected chi connectivity index (χ4v) is 2.73. The molecule has 3 heterocycles. The molecule has 1 atom stereocenters.